The van der Waals surface area contributed by atoms with Gasteiger partial charge in [-0.25, -0.2) is 4.39 Å². The summed E-state index contributed by atoms with van der Waals surface area (Å²) in [7, 11) is 0. The van der Waals surface area contributed by atoms with Crippen LogP contribution in [0.5, 0.6) is 0 Å². The van der Waals surface area contributed by atoms with Crippen LogP contribution in [0.4, 0.5) is 4.39 Å². The molecule has 6 heteroatoms. The van der Waals surface area contributed by atoms with Gasteiger partial charge in [0.1, 0.15) is 5.82 Å². The maximum Gasteiger partial charge on any atom is 0.251 e. The minimum atomic E-state index is -0.413. The van der Waals surface area contributed by atoms with Crippen molar-refractivity contribution in [1.29, 1.82) is 0 Å². The lowest BCUT2D eigenvalue weighted by molar-refractivity contribution is 0.0945. The summed E-state index contributed by atoms with van der Waals surface area (Å²) in [5.74, 6) is -0.622. The molecule has 3 nitrogen and oxygen atoms in total. The molecule has 0 bridgehead atoms. The molecule has 0 saturated heterocycles. The van der Waals surface area contributed by atoms with E-state index in [9.17, 15) is 9.18 Å². The highest BCUT2D eigenvalue weighted by Gasteiger charge is 2.15. The van der Waals surface area contributed by atoms with Gasteiger partial charge in [0, 0.05) is 28.1 Å². The van der Waals surface area contributed by atoms with Gasteiger partial charge in [-0.05, 0) is 58.8 Å². The summed E-state index contributed by atoms with van der Waals surface area (Å²) in [5, 5.41) is 12.9. The van der Waals surface area contributed by atoms with Crippen molar-refractivity contribution < 1.29 is 14.3 Å². The second-order valence-corrected chi connectivity index (χ2v) is 8.83. The van der Waals surface area contributed by atoms with E-state index in [4.69, 9.17) is 16.7 Å². The van der Waals surface area contributed by atoms with Crippen LogP contribution in [0.2, 0.25) is 5.02 Å². The second kappa shape index (κ2) is 9.18. The smallest absolute Gasteiger partial charge is 0.251 e. The number of nitrogens with one attached hydrogen (secondary N) is 1. The maximum absolute atomic E-state index is 13.5. The number of hydrogen-bond acceptors (Lipinski definition) is 3. The first-order valence-corrected chi connectivity index (χ1v) is 11.1. The van der Waals surface area contributed by atoms with Crippen LogP contribution in [0, 0.1) is 12.7 Å². The molecule has 0 aliphatic rings. The number of aliphatic hydroxyl groups is 1. The quantitative estimate of drug-likeness (QED) is 0.377. The molecule has 0 aliphatic heterocycles. The van der Waals surface area contributed by atoms with Gasteiger partial charge in [-0.3, -0.25) is 4.79 Å². The van der Waals surface area contributed by atoms with Crippen molar-refractivity contribution in [2.75, 3.05) is 13.2 Å². The Morgan fingerprint density at radius 1 is 1.13 bits per heavy atom. The van der Waals surface area contributed by atoms with Crippen LogP contribution < -0.4 is 5.32 Å². The predicted molar refractivity (Wildman–Crippen MR) is 126 cm³/mol. The average molecular weight is 454 g/mol. The molecule has 4 rings (SSSR count). The summed E-state index contributed by atoms with van der Waals surface area (Å²) in [6.45, 7) is 2.22. The van der Waals surface area contributed by atoms with Crippen molar-refractivity contribution in [3.8, 4) is 11.1 Å². The molecule has 0 saturated carbocycles. The number of hydrogen-bond donors (Lipinski definition) is 2. The fourth-order valence-corrected chi connectivity index (χ4v) is 5.20. The number of aliphatic hydroxyl groups excluding tert-OH is 1. The number of halogens is 2. The Balaban J connectivity index is 1.72. The van der Waals surface area contributed by atoms with Crippen LogP contribution in [0.1, 0.15) is 26.4 Å². The van der Waals surface area contributed by atoms with Crippen LogP contribution in [0.3, 0.4) is 0 Å². The number of carbonyl (C=O) groups is 1. The second-order valence-electron chi connectivity index (χ2n) is 7.32. The van der Waals surface area contributed by atoms with Crippen molar-refractivity contribution in [2.24, 2.45) is 0 Å². The van der Waals surface area contributed by atoms with Gasteiger partial charge in [0.15, 0.2) is 0 Å². The highest BCUT2D eigenvalue weighted by atomic mass is 35.5. The first kappa shape index (κ1) is 21.5. The van der Waals surface area contributed by atoms with E-state index < -0.39 is 5.82 Å². The van der Waals surface area contributed by atoms with Crippen LogP contribution in [-0.2, 0) is 6.42 Å². The highest BCUT2D eigenvalue weighted by Crippen LogP contribution is 2.39. The van der Waals surface area contributed by atoms with Gasteiger partial charge in [-0.15, -0.1) is 11.3 Å². The standard InChI is InChI=1S/C25H21ClFNO2S/c1-15-19-6-3-7-20(17-4-2-5-18(14-17)25(30)28-10-11-29)24(19)31-23(15)13-16-8-9-22(27)21(26)12-16/h2-9,12,14,29H,10-11,13H2,1H3,(H,28,30). The largest absolute Gasteiger partial charge is 0.395 e. The van der Waals surface area contributed by atoms with Crippen molar-refractivity contribution in [2.45, 2.75) is 13.3 Å². The fourth-order valence-electron chi connectivity index (χ4n) is 3.62. The Labute approximate surface area is 189 Å². The van der Waals surface area contributed by atoms with E-state index in [1.807, 2.05) is 24.3 Å². The maximum atomic E-state index is 13.5. The van der Waals surface area contributed by atoms with E-state index in [2.05, 4.69) is 24.4 Å². The van der Waals surface area contributed by atoms with E-state index >= 15 is 0 Å². The molecule has 158 valence electrons. The minimum Gasteiger partial charge on any atom is -0.395 e. The predicted octanol–water partition coefficient (Wildman–Crippen LogP) is 5.98. The highest BCUT2D eigenvalue weighted by molar-refractivity contribution is 7.19. The lowest BCUT2D eigenvalue weighted by atomic mass is 9.99. The number of benzene rings is 3. The first-order valence-electron chi connectivity index (χ1n) is 9.92. The summed E-state index contributed by atoms with van der Waals surface area (Å²) < 4.78 is 14.7. The number of aryl methyl sites for hydroxylation is 1. The summed E-state index contributed by atoms with van der Waals surface area (Å²) in [5.41, 5.74) is 4.73. The third-order valence-electron chi connectivity index (χ3n) is 5.24. The van der Waals surface area contributed by atoms with Crippen LogP contribution in [-0.4, -0.2) is 24.2 Å². The molecule has 3 aromatic carbocycles. The van der Waals surface area contributed by atoms with Crippen molar-refractivity contribution >= 4 is 38.9 Å². The minimum absolute atomic E-state index is 0.0960. The van der Waals surface area contributed by atoms with Crippen LogP contribution >= 0.6 is 22.9 Å². The summed E-state index contributed by atoms with van der Waals surface area (Å²) in [6, 6.07) is 18.5. The fraction of sp³-hybridized carbons (Fsp3) is 0.160. The monoisotopic (exact) mass is 453 g/mol. The Morgan fingerprint density at radius 2 is 1.94 bits per heavy atom. The first-order chi connectivity index (χ1) is 15.0. The van der Waals surface area contributed by atoms with Gasteiger partial charge in [0.05, 0.1) is 11.6 Å². The van der Waals surface area contributed by atoms with E-state index in [1.165, 1.54) is 21.9 Å². The summed E-state index contributed by atoms with van der Waals surface area (Å²) in [4.78, 5) is 13.5. The number of rotatable bonds is 6. The molecule has 31 heavy (non-hydrogen) atoms. The Bertz CT molecular complexity index is 1270. The third-order valence-corrected chi connectivity index (χ3v) is 6.87. The van der Waals surface area contributed by atoms with Crippen LogP contribution in [0.15, 0.2) is 60.7 Å². The lowest BCUT2D eigenvalue weighted by Gasteiger charge is -2.07. The molecule has 0 spiro atoms. The molecular formula is C25H21ClFNO2S. The SMILES string of the molecule is Cc1c(Cc2ccc(F)c(Cl)c2)sc2c(-c3cccc(C(=O)NCCO)c3)cccc12. The van der Waals surface area contributed by atoms with Gasteiger partial charge in [0.2, 0.25) is 0 Å². The van der Waals surface area contributed by atoms with Gasteiger partial charge >= 0.3 is 0 Å². The van der Waals surface area contributed by atoms with E-state index in [-0.39, 0.29) is 24.1 Å². The molecule has 0 atom stereocenters. The van der Waals surface area contributed by atoms with Crippen molar-refractivity contribution in [3.63, 3.8) is 0 Å². The van der Waals surface area contributed by atoms with Crippen LogP contribution in [0.25, 0.3) is 21.2 Å². The molecular weight excluding hydrogens is 433 g/mol. The summed E-state index contributed by atoms with van der Waals surface area (Å²) in [6.07, 6.45) is 0.675. The van der Waals surface area contributed by atoms with E-state index in [1.54, 1.807) is 29.5 Å². The molecule has 1 amide bonds. The molecule has 1 aromatic heterocycles. The zero-order valence-electron chi connectivity index (χ0n) is 16.9. The Kier molecular flexibility index (Phi) is 6.37. The molecule has 2 N–H and O–H groups in total. The Morgan fingerprint density at radius 3 is 2.71 bits per heavy atom. The molecule has 0 fully saturated rings. The lowest BCUT2D eigenvalue weighted by Crippen LogP contribution is -2.26. The summed E-state index contributed by atoms with van der Waals surface area (Å²) >= 11 is 7.67. The molecule has 0 radical (unpaired) electrons. The number of amides is 1. The average Bonchev–Trinajstić information content (AvgIpc) is 3.10. The van der Waals surface area contributed by atoms with Crippen molar-refractivity contribution in [1.82, 2.24) is 5.32 Å². The number of thiophene rings is 1. The van der Waals surface area contributed by atoms with Crippen molar-refractivity contribution in [3.05, 3.63) is 93.1 Å². The topological polar surface area (TPSA) is 49.3 Å². The van der Waals surface area contributed by atoms with E-state index in [0.29, 0.717) is 12.0 Å². The molecule has 4 aromatic rings. The van der Waals surface area contributed by atoms with Gasteiger partial charge < -0.3 is 10.4 Å². The Hall–Kier alpha value is -2.73. The molecule has 0 aliphatic carbocycles. The van der Waals surface area contributed by atoms with Gasteiger partial charge in [-0.1, -0.05) is 48.0 Å². The number of fused-ring (bicyclic) bond motifs is 1. The molecule has 1 heterocycles. The zero-order chi connectivity index (χ0) is 22.0. The van der Waals surface area contributed by atoms with Gasteiger partial charge in [0.25, 0.3) is 5.91 Å². The van der Waals surface area contributed by atoms with Gasteiger partial charge in [-0.2, -0.15) is 0 Å². The number of carbonyl (C=O) groups excluding carboxylic acids is 1. The third kappa shape index (κ3) is 4.49. The normalized spacial score (nSPS) is 11.1. The van der Waals surface area contributed by atoms with E-state index in [0.717, 1.165) is 21.4 Å². The molecule has 0 unspecified atom stereocenters. The zero-order valence-corrected chi connectivity index (χ0v) is 18.5.